The van der Waals surface area contributed by atoms with Gasteiger partial charge in [0.05, 0.1) is 6.04 Å². The molecule has 3 heteroatoms. The third-order valence-electron chi connectivity index (χ3n) is 3.14. The largest absolute Gasteiger partial charge is 0.330 e. The lowest BCUT2D eigenvalue weighted by Crippen LogP contribution is -2.44. The highest BCUT2D eigenvalue weighted by Gasteiger charge is 2.25. The van der Waals surface area contributed by atoms with E-state index in [0.29, 0.717) is 18.4 Å². The Morgan fingerprint density at radius 3 is 2.12 bits per heavy atom. The van der Waals surface area contributed by atoms with Gasteiger partial charge in [0.25, 0.3) is 0 Å². The number of ketones is 1. The molecule has 1 unspecified atom stereocenters. The Hall–Kier alpha value is -0.410. The van der Waals surface area contributed by atoms with Crippen molar-refractivity contribution in [1.29, 1.82) is 0 Å². The van der Waals surface area contributed by atoms with Gasteiger partial charge in [0.15, 0.2) is 5.78 Å². The number of carbonyl (C=O) groups is 1. The number of nitrogens with zero attached hydrogens (tertiary/aromatic N) is 1. The predicted octanol–water partition coefficient (Wildman–Crippen LogP) is 2.05. The van der Waals surface area contributed by atoms with Crippen molar-refractivity contribution in [2.24, 2.45) is 11.7 Å². The van der Waals surface area contributed by atoms with Crippen LogP contribution in [0.5, 0.6) is 0 Å². The fourth-order valence-electron chi connectivity index (χ4n) is 1.77. The Labute approximate surface area is 100 Å². The van der Waals surface area contributed by atoms with Crippen molar-refractivity contribution in [2.45, 2.75) is 59.0 Å². The summed E-state index contributed by atoms with van der Waals surface area (Å²) >= 11 is 0. The molecule has 2 N–H and O–H groups in total. The molecule has 16 heavy (non-hydrogen) atoms. The minimum atomic E-state index is 0.0616. The van der Waals surface area contributed by atoms with Crippen molar-refractivity contribution >= 4 is 5.78 Å². The van der Waals surface area contributed by atoms with Crippen LogP contribution in [-0.2, 0) is 4.79 Å². The third-order valence-corrected chi connectivity index (χ3v) is 3.14. The molecule has 1 atom stereocenters. The van der Waals surface area contributed by atoms with Crippen LogP contribution in [0.15, 0.2) is 0 Å². The van der Waals surface area contributed by atoms with Gasteiger partial charge in [-0.25, -0.2) is 0 Å². The lowest BCUT2D eigenvalue weighted by molar-refractivity contribution is -0.127. The SMILES string of the molecule is CC(C)C(=O)C(CCCCN)N(C)C(C)C. The maximum absolute atomic E-state index is 12.1. The molecule has 0 amide bonds. The molecule has 0 heterocycles. The second-order valence-corrected chi connectivity index (χ2v) is 5.12. The molecule has 0 aromatic rings. The highest BCUT2D eigenvalue weighted by Crippen LogP contribution is 2.15. The van der Waals surface area contributed by atoms with Crippen LogP contribution >= 0.6 is 0 Å². The number of hydrogen-bond acceptors (Lipinski definition) is 3. The van der Waals surface area contributed by atoms with E-state index in [4.69, 9.17) is 5.73 Å². The quantitative estimate of drug-likeness (QED) is 0.647. The number of unbranched alkanes of at least 4 members (excludes halogenated alkanes) is 1. The van der Waals surface area contributed by atoms with Gasteiger partial charge in [0, 0.05) is 12.0 Å². The fourth-order valence-corrected chi connectivity index (χ4v) is 1.77. The molecule has 3 nitrogen and oxygen atoms in total. The number of nitrogens with two attached hydrogens (primary N) is 1. The van der Waals surface area contributed by atoms with Crippen LogP contribution in [0.1, 0.15) is 47.0 Å². The summed E-state index contributed by atoms with van der Waals surface area (Å²) in [6.07, 6.45) is 2.98. The average Bonchev–Trinajstić information content (AvgIpc) is 2.22. The summed E-state index contributed by atoms with van der Waals surface area (Å²) < 4.78 is 0. The maximum Gasteiger partial charge on any atom is 0.152 e. The van der Waals surface area contributed by atoms with Crippen LogP contribution < -0.4 is 5.73 Å². The lowest BCUT2D eigenvalue weighted by atomic mass is 9.95. The van der Waals surface area contributed by atoms with Gasteiger partial charge in [-0.2, -0.15) is 0 Å². The Morgan fingerprint density at radius 2 is 1.75 bits per heavy atom. The summed E-state index contributed by atoms with van der Waals surface area (Å²) in [5.41, 5.74) is 5.49. The van der Waals surface area contributed by atoms with Gasteiger partial charge >= 0.3 is 0 Å². The molecule has 0 saturated heterocycles. The smallest absolute Gasteiger partial charge is 0.152 e. The Bertz CT molecular complexity index is 202. The first kappa shape index (κ1) is 15.6. The highest BCUT2D eigenvalue weighted by atomic mass is 16.1. The minimum absolute atomic E-state index is 0.0616. The highest BCUT2D eigenvalue weighted by molar-refractivity contribution is 5.85. The first-order chi connectivity index (χ1) is 7.41. The van der Waals surface area contributed by atoms with Crippen molar-refractivity contribution in [1.82, 2.24) is 4.90 Å². The third kappa shape index (κ3) is 5.08. The summed E-state index contributed by atoms with van der Waals surface area (Å²) in [6.45, 7) is 8.93. The van der Waals surface area contributed by atoms with Gasteiger partial charge in [0.2, 0.25) is 0 Å². The number of rotatable bonds is 8. The van der Waals surface area contributed by atoms with Crippen LogP contribution in [0.3, 0.4) is 0 Å². The average molecular weight is 228 g/mol. The van der Waals surface area contributed by atoms with E-state index in [2.05, 4.69) is 18.7 Å². The lowest BCUT2D eigenvalue weighted by Gasteiger charge is -2.31. The molecule has 0 radical (unpaired) electrons. The molecule has 0 bridgehead atoms. The zero-order valence-electron chi connectivity index (χ0n) is 11.5. The standard InChI is InChI=1S/C13H28N2O/c1-10(2)13(16)12(8-6-7-9-14)15(5)11(3)4/h10-12H,6-9,14H2,1-5H3. The van der Waals surface area contributed by atoms with Gasteiger partial charge in [-0.3, -0.25) is 9.69 Å². The van der Waals surface area contributed by atoms with Gasteiger partial charge in [-0.1, -0.05) is 20.3 Å². The number of Topliss-reactive ketones (excluding diaryl/α,β-unsaturated/α-hetero) is 1. The Balaban J connectivity index is 4.44. The van der Waals surface area contributed by atoms with Crippen LogP contribution in [0.4, 0.5) is 0 Å². The Morgan fingerprint density at radius 1 is 1.19 bits per heavy atom. The summed E-state index contributed by atoms with van der Waals surface area (Å²) in [5.74, 6) is 0.470. The number of hydrogen-bond donors (Lipinski definition) is 1. The van der Waals surface area contributed by atoms with E-state index in [9.17, 15) is 4.79 Å². The predicted molar refractivity (Wildman–Crippen MR) is 69.4 cm³/mol. The van der Waals surface area contributed by atoms with Crippen molar-refractivity contribution < 1.29 is 4.79 Å². The summed E-state index contributed by atoms with van der Waals surface area (Å²) in [5, 5.41) is 0. The number of likely N-dealkylation sites (N-methyl/N-ethyl adjacent to an activating group) is 1. The molecule has 0 aromatic carbocycles. The van der Waals surface area contributed by atoms with Gasteiger partial charge in [-0.05, 0) is 40.3 Å². The molecule has 0 spiro atoms. The van der Waals surface area contributed by atoms with Crippen LogP contribution in [-0.4, -0.2) is 36.4 Å². The number of carbonyl (C=O) groups excluding carboxylic acids is 1. The fraction of sp³-hybridized carbons (Fsp3) is 0.923. The van der Waals surface area contributed by atoms with Gasteiger partial charge < -0.3 is 5.73 Å². The molecule has 0 saturated carbocycles. The molecular formula is C13H28N2O. The minimum Gasteiger partial charge on any atom is -0.330 e. The van der Waals surface area contributed by atoms with Crippen molar-refractivity contribution in [2.75, 3.05) is 13.6 Å². The molecule has 0 fully saturated rings. The molecular weight excluding hydrogens is 200 g/mol. The van der Waals surface area contributed by atoms with E-state index < -0.39 is 0 Å². The van der Waals surface area contributed by atoms with E-state index in [1.807, 2.05) is 20.9 Å². The second-order valence-electron chi connectivity index (χ2n) is 5.12. The summed E-state index contributed by atoms with van der Waals surface area (Å²) in [7, 11) is 2.04. The summed E-state index contributed by atoms with van der Waals surface area (Å²) in [4.78, 5) is 14.3. The first-order valence-corrected chi connectivity index (χ1v) is 6.37. The van der Waals surface area contributed by atoms with Crippen LogP contribution in [0, 0.1) is 5.92 Å². The molecule has 0 rings (SSSR count). The molecule has 96 valence electrons. The summed E-state index contributed by atoms with van der Waals surface area (Å²) in [6, 6.07) is 0.470. The second kappa shape index (κ2) is 7.80. The van der Waals surface area contributed by atoms with Crippen molar-refractivity contribution in [3.63, 3.8) is 0 Å². The zero-order chi connectivity index (χ0) is 12.7. The Kier molecular flexibility index (Phi) is 7.60. The van der Waals surface area contributed by atoms with Crippen molar-refractivity contribution in [3.8, 4) is 0 Å². The van der Waals surface area contributed by atoms with Gasteiger partial charge in [-0.15, -0.1) is 0 Å². The van der Waals surface area contributed by atoms with Crippen molar-refractivity contribution in [3.05, 3.63) is 0 Å². The monoisotopic (exact) mass is 228 g/mol. The van der Waals surface area contributed by atoms with E-state index in [0.717, 1.165) is 19.3 Å². The van der Waals surface area contributed by atoms with E-state index in [1.54, 1.807) is 0 Å². The topological polar surface area (TPSA) is 46.3 Å². The molecule has 0 aliphatic rings. The van der Waals surface area contributed by atoms with Crippen LogP contribution in [0.2, 0.25) is 0 Å². The molecule has 0 aliphatic carbocycles. The zero-order valence-corrected chi connectivity index (χ0v) is 11.5. The van der Waals surface area contributed by atoms with Crippen LogP contribution in [0.25, 0.3) is 0 Å². The van der Waals surface area contributed by atoms with E-state index in [-0.39, 0.29) is 12.0 Å². The normalized spacial score (nSPS) is 13.8. The maximum atomic E-state index is 12.1. The molecule has 0 aromatic heterocycles. The molecule has 0 aliphatic heterocycles. The first-order valence-electron chi connectivity index (χ1n) is 6.37. The van der Waals surface area contributed by atoms with E-state index >= 15 is 0 Å². The van der Waals surface area contributed by atoms with Gasteiger partial charge in [0.1, 0.15) is 0 Å². The van der Waals surface area contributed by atoms with E-state index in [1.165, 1.54) is 0 Å².